The molecule has 3 aromatic rings. The second-order valence-electron chi connectivity index (χ2n) is 8.61. The van der Waals surface area contributed by atoms with Gasteiger partial charge in [-0.2, -0.15) is 0 Å². The number of rotatable bonds is 7. The highest BCUT2D eigenvalue weighted by molar-refractivity contribution is 6.09. The Morgan fingerprint density at radius 1 is 1.06 bits per heavy atom. The Balaban J connectivity index is 1.85. The number of benzene rings is 2. The van der Waals surface area contributed by atoms with Crippen molar-refractivity contribution in [2.24, 2.45) is 0 Å². The average Bonchev–Trinajstić information content (AvgIpc) is 3.52. The number of nitrogens with zero attached hydrogens (tertiary/aromatic N) is 1. The quantitative estimate of drug-likeness (QED) is 0.531. The largest absolute Gasteiger partial charge is 0.497 e. The molecular weight excluding hydrogens is 416 g/mol. The number of furan rings is 1. The summed E-state index contributed by atoms with van der Waals surface area (Å²) in [7, 11) is 1.59. The van der Waals surface area contributed by atoms with E-state index < -0.39 is 6.04 Å². The summed E-state index contributed by atoms with van der Waals surface area (Å²) in [4.78, 5) is 29.1. The lowest BCUT2D eigenvalue weighted by atomic mass is 10.00. The summed E-state index contributed by atoms with van der Waals surface area (Å²) >= 11 is 0. The highest BCUT2D eigenvalue weighted by atomic mass is 16.5. The fourth-order valence-electron chi connectivity index (χ4n) is 4.54. The van der Waals surface area contributed by atoms with E-state index >= 15 is 0 Å². The summed E-state index contributed by atoms with van der Waals surface area (Å²) in [6, 6.07) is 15.7. The van der Waals surface area contributed by atoms with Crippen LogP contribution in [0.4, 0.5) is 5.69 Å². The number of aryl methyl sites for hydroxylation is 2. The number of hydrogen-bond acceptors (Lipinski definition) is 4. The highest BCUT2D eigenvalue weighted by Crippen LogP contribution is 2.34. The number of ether oxygens (including phenoxy) is 1. The molecule has 0 aliphatic heterocycles. The van der Waals surface area contributed by atoms with E-state index in [-0.39, 0.29) is 23.6 Å². The summed E-state index contributed by atoms with van der Waals surface area (Å²) < 4.78 is 10.9. The number of carbonyl (C=O) groups is 2. The minimum absolute atomic E-state index is 0.116. The number of methoxy groups -OCH3 is 1. The molecule has 172 valence electrons. The van der Waals surface area contributed by atoms with Crippen molar-refractivity contribution in [3.8, 4) is 5.75 Å². The molecule has 0 bridgehead atoms. The number of hydrogen-bond donors (Lipinski definition) is 1. The maximum Gasteiger partial charge on any atom is 0.294 e. The standard InChI is InChI=1S/C27H30N2O4/c1-18-13-14-23(19(2)16-18)29(27(31)24-12-7-15-33-24)25(20-8-6-11-22(17-20)32-3)26(30)28-21-9-4-5-10-21/h6-8,11-17,21,25H,4-5,9-10H2,1-3H3,(H,28,30)/t25-/m1/s1. The predicted octanol–water partition coefficient (Wildman–Crippen LogP) is 5.35. The van der Waals surface area contributed by atoms with E-state index in [1.807, 2.05) is 56.3 Å². The van der Waals surface area contributed by atoms with Gasteiger partial charge in [-0.1, -0.05) is 42.7 Å². The molecule has 2 amide bonds. The van der Waals surface area contributed by atoms with E-state index in [0.29, 0.717) is 17.0 Å². The summed E-state index contributed by atoms with van der Waals surface area (Å²) in [5.74, 6) is 0.213. The first kappa shape index (κ1) is 22.6. The van der Waals surface area contributed by atoms with Gasteiger partial charge in [0.1, 0.15) is 11.8 Å². The molecule has 1 N–H and O–H groups in total. The molecule has 4 rings (SSSR count). The van der Waals surface area contributed by atoms with Crippen LogP contribution in [0.3, 0.4) is 0 Å². The van der Waals surface area contributed by atoms with Crippen molar-refractivity contribution in [2.75, 3.05) is 12.0 Å². The third kappa shape index (κ3) is 4.95. The van der Waals surface area contributed by atoms with Crippen LogP contribution in [0.1, 0.15) is 59.0 Å². The van der Waals surface area contributed by atoms with E-state index in [1.165, 1.54) is 6.26 Å². The Morgan fingerprint density at radius 3 is 2.52 bits per heavy atom. The van der Waals surface area contributed by atoms with Crippen LogP contribution in [0.2, 0.25) is 0 Å². The molecule has 1 aliphatic carbocycles. The van der Waals surface area contributed by atoms with Gasteiger partial charge in [-0.15, -0.1) is 0 Å². The fraction of sp³-hybridized carbons (Fsp3) is 0.333. The van der Waals surface area contributed by atoms with Crippen LogP contribution in [-0.2, 0) is 4.79 Å². The van der Waals surface area contributed by atoms with Gasteiger partial charge in [0.15, 0.2) is 5.76 Å². The SMILES string of the molecule is COc1cccc([C@H](C(=O)NC2CCCC2)N(C(=O)c2ccco2)c2ccc(C)cc2C)c1. The third-order valence-corrected chi connectivity index (χ3v) is 6.18. The first-order chi connectivity index (χ1) is 16.0. The van der Waals surface area contributed by atoms with Crippen molar-refractivity contribution >= 4 is 17.5 Å². The Morgan fingerprint density at radius 2 is 1.85 bits per heavy atom. The fourth-order valence-corrected chi connectivity index (χ4v) is 4.54. The highest BCUT2D eigenvalue weighted by Gasteiger charge is 2.36. The van der Waals surface area contributed by atoms with Crippen molar-refractivity contribution in [3.05, 3.63) is 83.3 Å². The van der Waals surface area contributed by atoms with E-state index in [9.17, 15) is 9.59 Å². The molecule has 0 spiro atoms. The number of carbonyl (C=O) groups excluding carboxylic acids is 2. The average molecular weight is 447 g/mol. The lowest BCUT2D eigenvalue weighted by Gasteiger charge is -2.33. The maximum absolute atomic E-state index is 13.8. The van der Waals surface area contributed by atoms with Crippen LogP contribution in [0.25, 0.3) is 0 Å². The summed E-state index contributed by atoms with van der Waals surface area (Å²) in [5.41, 5.74) is 3.31. The Bertz CT molecular complexity index is 1120. The number of anilines is 1. The molecule has 1 fully saturated rings. The second-order valence-corrected chi connectivity index (χ2v) is 8.61. The van der Waals surface area contributed by atoms with Crippen molar-refractivity contribution in [1.82, 2.24) is 5.32 Å². The van der Waals surface area contributed by atoms with E-state index in [0.717, 1.165) is 36.8 Å². The van der Waals surface area contributed by atoms with Crippen molar-refractivity contribution < 1.29 is 18.7 Å². The zero-order valence-corrected chi connectivity index (χ0v) is 19.3. The van der Waals surface area contributed by atoms with Crippen LogP contribution in [0.15, 0.2) is 65.3 Å². The van der Waals surface area contributed by atoms with Crippen LogP contribution >= 0.6 is 0 Å². The molecule has 6 heteroatoms. The smallest absolute Gasteiger partial charge is 0.294 e. The third-order valence-electron chi connectivity index (χ3n) is 6.18. The van der Waals surface area contributed by atoms with Crippen molar-refractivity contribution in [1.29, 1.82) is 0 Å². The molecular formula is C27H30N2O4. The molecule has 0 radical (unpaired) electrons. The lowest BCUT2D eigenvalue weighted by Crippen LogP contribution is -2.46. The molecule has 0 unspecified atom stereocenters. The van der Waals surface area contributed by atoms with Gasteiger partial charge >= 0.3 is 0 Å². The van der Waals surface area contributed by atoms with Crippen LogP contribution in [0, 0.1) is 13.8 Å². The van der Waals surface area contributed by atoms with E-state index in [4.69, 9.17) is 9.15 Å². The van der Waals surface area contributed by atoms with Crippen LogP contribution < -0.4 is 15.0 Å². The van der Waals surface area contributed by atoms with Gasteiger partial charge in [0, 0.05) is 11.7 Å². The molecule has 1 aromatic heterocycles. The van der Waals surface area contributed by atoms with Crippen molar-refractivity contribution in [2.45, 2.75) is 51.6 Å². The number of amides is 2. The van der Waals surface area contributed by atoms with E-state index in [2.05, 4.69) is 5.32 Å². The zero-order valence-electron chi connectivity index (χ0n) is 19.3. The summed E-state index contributed by atoms with van der Waals surface area (Å²) in [6.07, 6.45) is 5.56. The second kappa shape index (κ2) is 9.94. The van der Waals surface area contributed by atoms with Gasteiger partial charge in [0.05, 0.1) is 13.4 Å². The van der Waals surface area contributed by atoms with Gasteiger partial charge in [0.25, 0.3) is 5.91 Å². The Labute approximate surface area is 194 Å². The molecule has 1 aliphatic rings. The zero-order chi connectivity index (χ0) is 23.4. The normalized spacial score (nSPS) is 14.6. The van der Waals surface area contributed by atoms with E-state index in [1.54, 1.807) is 24.1 Å². The maximum atomic E-state index is 13.8. The number of nitrogens with one attached hydrogen (secondary N) is 1. The minimum atomic E-state index is -0.889. The predicted molar refractivity (Wildman–Crippen MR) is 128 cm³/mol. The molecule has 1 saturated carbocycles. The molecule has 33 heavy (non-hydrogen) atoms. The Kier molecular flexibility index (Phi) is 6.82. The lowest BCUT2D eigenvalue weighted by molar-refractivity contribution is -0.123. The molecule has 2 aromatic carbocycles. The summed E-state index contributed by atoms with van der Waals surface area (Å²) in [5, 5.41) is 3.19. The minimum Gasteiger partial charge on any atom is -0.497 e. The van der Waals surface area contributed by atoms with Crippen LogP contribution in [0.5, 0.6) is 5.75 Å². The van der Waals surface area contributed by atoms with Gasteiger partial charge in [-0.05, 0) is 68.1 Å². The first-order valence-corrected chi connectivity index (χ1v) is 11.4. The summed E-state index contributed by atoms with van der Waals surface area (Å²) in [6.45, 7) is 3.95. The van der Waals surface area contributed by atoms with Gasteiger partial charge < -0.3 is 14.5 Å². The Hall–Kier alpha value is -3.54. The molecule has 0 saturated heterocycles. The van der Waals surface area contributed by atoms with Gasteiger partial charge in [-0.3, -0.25) is 14.5 Å². The molecule has 6 nitrogen and oxygen atoms in total. The monoisotopic (exact) mass is 446 g/mol. The first-order valence-electron chi connectivity index (χ1n) is 11.4. The van der Waals surface area contributed by atoms with Gasteiger partial charge in [-0.25, -0.2) is 0 Å². The topological polar surface area (TPSA) is 71.8 Å². The van der Waals surface area contributed by atoms with Crippen LogP contribution in [-0.4, -0.2) is 25.0 Å². The van der Waals surface area contributed by atoms with Crippen molar-refractivity contribution in [3.63, 3.8) is 0 Å². The molecule has 1 atom stereocenters. The molecule has 1 heterocycles. The van der Waals surface area contributed by atoms with Gasteiger partial charge in [0.2, 0.25) is 5.91 Å².